The molecule has 2 unspecified atom stereocenters. The maximum Gasteiger partial charge on any atom is 0.246 e. The van der Waals surface area contributed by atoms with Gasteiger partial charge in [0.1, 0.15) is 17.6 Å². The molecular formula is C23H16FNO4. The number of benzene rings is 3. The Balaban J connectivity index is 1.81. The SMILES string of the molecule is O=C(c1ccccc1)C1C(=O)C(c2ccc(F)cc2)N(c2ccc(O)cc2)C1=O. The maximum absolute atomic E-state index is 13.4. The smallest absolute Gasteiger partial charge is 0.246 e. The van der Waals surface area contributed by atoms with Crippen LogP contribution in [0.5, 0.6) is 5.75 Å². The van der Waals surface area contributed by atoms with Crippen molar-refractivity contribution in [2.24, 2.45) is 5.92 Å². The van der Waals surface area contributed by atoms with E-state index in [2.05, 4.69) is 0 Å². The molecule has 5 nitrogen and oxygen atoms in total. The summed E-state index contributed by atoms with van der Waals surface area (Å²) in [6.07, 6.45) is 0. The van der Waals surface area contributed by atoms with Crippen molar-refractivity contribution < 1.29 is 23.9 Å². The number of ketones is 2. The van der Waals surface area contributed by atoms with Crippen LogP contribution < -0.4 is 4.90 Å². The van der Waals surface area contributed by atoms with E-state index in [1.165, 1.54) is 53.4 Å². The summed E-state index contributed by atoms with van der Waals surface area (Å²) in [5.74, 6) is -3.75. The van der Waals surface area contributed by atoms with E-state index in [9.17, 15) is 23.9 Å². The van der Waals surface area contributed by atoms with Crippen LogP contribution in [0.25, 0.3) is 0 Å². The molecule has 3 aromatic rings. The van der Waals surface area contributed by atoms with Crippen LogP contribution in [0.1, 0.15) is 22.0 Å². The first-order chi connectivity index (χ1) is 14.0. The molecule has 1 heterocycles. The van der Waals surface area contributed by atoms with E-state index in [1.54, 1.807) is 30.3 Å². The highest BCUT2D eigenvalue weighted by molar-refractivity contribution is 6.33. The fourth-order valence-electron chi connectivity index (χ4n) is 3.53. The first-order valence-electron chi connectivity index (χ1n) is 8.98. The minimum atomic E-state index is -1.48. The molecule has 144 valence electrons. The average Bonchev–Trinajstić information content (AvgIpc) is 2.99. The molecule has 0 saturated carbocycles. The molecule has 3 aromatic carbocycles. The first kappa shape index (κ1) is 18.6. The van der Waals surface area contributed by atoms with Gasteiger partial charge in [-0.1, -0.05) is 42.5 Å². The van der Waals surface area contributed by atoms with E-state index in [1.807, 2.05) is 0 Å². The number of halogens is 1. The normalized spacial score (nSPS) is 18.9. The number of carbonyl (C=O) groups is 3. The van der Waals surface area contributed by atoms with Gasteiger partial charge < -0.3 is 5.11 Å². The second-order valence-corrected chi connectivity index (χ2v) is 6.74. The van der Waals surface area contributed by atoms with E-state index in [-0.39, 0.29) is 11.3 Å². The van der Waals surface area contributed by atoms with E-state index in [4.69, 9.17) is 0 Å². The number of hydrogen-bond donors (Lipinski definition) is 1. The molecule has 4 rings (SSSR count). The standard InChI is InChI=1S/C23H16FNO4/c24-16-8-6-14(7-9-16)20-22(28)19(21(27)15-4-2-1-3-5-15)23(29)25(20)17-10-12-18(26)13-11-17/h1-13,19-20,26H. The van der Waals surface area contributed by atoms with Crippen LogP contribution in [0.3, 0.4) is 0 Å². The van der Waals surface area contributed by atoms with Gasteiger partial charge in [0.15, 0.2) is 17.5 Å². The molecule has 2 atom stereocenters. The van der Waals surface area contributed by atoms with E-state index < -0.39 is 35.3 Å². The quantitative estimate of drug-likeness (QED) is 0.546. The Kier molecular flexibility index (Phi) is 4.68. The summed E-state index contributed by atoms with van der Waals surface area (Å²) >= 11 is 0. The summed E-state index contributed by atoms with van der Waals surface area (Å²) in [5, 5.41) is 9.55. The fourth-order valence-corrected chi connectivity index (χ4v) is 3.53. The lowest BCUT2D eigenvalue weighted by molar-refractivity contribution is -0.125. The van der Waals surface area contributed by atoms with Crippen molar-refractivity contribution in [1.82, 2.24) is 0 Å². The fraction of sp³-hybridized carbons (Fsp3) is 0.0870. The Bertz CT molecular complexity index is 1010. The van der Waals surface area contributed by atoms with Gasteiger partial charge in [-0.25, -0.2) is 4.39 Å². The van der Waals surface area contributed by atoms with Crippen molar-refractivity contribution in [2.45, 2.75) is 6.04 Å². The van der Waals surface area contributed by atoms with Crippen LogP contribution >= 0.6 is 0 Å². The minimum Gasteiger partial charge on any atom is -0.508 e. The molecule has 0 radical (unpaired) electrons. The molecule has 6 heteroatoms. The number of aromatic hydroxyl groups is 1. The van der Waals surface area contributed by atoms with Crippen molar-refractivity contribution in [3.8, 4) is 5.75 Å². The van der Waals surface area contributed by atoms with Crippen molar-refractivity contribution >= 4 is 23.2 Å². The third-order valence-corrected chi connectivity index (χ3v) is 4.93. The van der Waals surface area contributed by atoms with Gasteiger partial charge in [-0.3, -0.25) is 19.3 Å². The number of anilines is 1. The lowest BCUT2D eigenvalue weighted by Gasteiger charge is -2.24. The van der Waals surface area contributed by atoms with Crippen LogP contribution in [-0.2, 0) is 9.59 Å². The zero-order chi connectivity index (χ0) is 20.5. The number of nitrogens with zero attached hydrogens (tertiary/aromatic N) is 1. The van der Waals surface area contributed by atoms with Crippen molar-refractivity contribution in [3.05, 3.63) is 95.8 Å². The monoisotopic (exact) mass is 389 g/mol. The highest BCUT2D eigenvalue weighted by Crippen LogP contribution is 2.39. The number of phenolic OH excluding ortho intramolecular Hbond substituents is 1. The molecule has 1 aliphatic heterocycles. The molecule has 0 aliphatic carbocycles. The Labute approximate surface area is 166 Å². The molecule has 0 bridgehead atoms. The summed E-state index contributed by atoms with van der Waals surface area (Å²) in [4.78, 5) is 40.7. The number of carbonyl (C=O) groups excluding carboxylic acids is 3. The number of hydrogen-bond acceptors (Lipinski definition) is 4. The molecule has 0 aromatic heterocycles. The van der Waals surface area contributed by atoms with Crippen LogP contribution in [0.4, 0.5) is 10.1 Å². The van der Waals surface area contributed by atoms with Crippen molar-refractivity contribution in [3.63, 3.8) is 0 Å². The zero-order valence-corrected chi connectivity index (χ0v) is 15.2. The summed E-state index contributed by atoms with van der Waals surface area (Å²) in [6.45, 7) is 0. The summed E-state index contributed by atoms with van der Waals surface area (Å²) in [7, 11) is 0. The molecule has 0 spiro atoms. The molecule has 1 amide bonds. The van der Waals surface area contributed by atoms with Crippen LogP contribution in [0.15, 0.2) is 78.9 Å². The van der Waals surface area contributed by atoms with Gasteiger partial charge in [0.2, 0.25) is 5.91 Å². The second-order valence-electron chi connectivity index (χ2n) is 6.74. The lowest BCUT2D eigenvalue weighted by Crippen LogP contribution is -2.31. The number of rotatable bonds is 4. The second kappa shape index (κ2) is 7.31. The average molecular weight is 389 g/mol. The summed E-state index contributed by atoms with van der Waals surface area (Å²) < 4.78 is 13.4. The third kappa shape index (κ3) is 3.29. The molecule has 1 N–H and O–H groups in total. The number of amides is 1. The minimum absolute atomic E-state index is 0.00182. The van der Waals surface area contributed by atoms with Gasteiger partial charge in [0, 0.05) is 11.3 Å². The Morgan fingerprint density at radius 3 is 2.10 bits per heavy atom. The summed E-state index contributed by atoms with van der Waals surface area (Å²) in [5.41, 5.74) is 1.03. The largest absolute Gasteiger partial charge is 0.508 e. The predicted molar refractivity (Wildman–Crippen MR) is 104 cm³/mol. The topological polar surface area (TPSA) is 74.7 Å². The van der Waals surface area contributed by atoms with E-state index in [0.29, 0.717) is 11.3 Å². The maximum atomic E-state index is 13.4. The first-order valence-corrected chi connectivity index (χ1v) is 8.98. The third-order valence-electron chi connectivity index (χ3n) is 4.93. The molecule has 1 fully saturated rings. The summed E-state index contributed by atoms with van der Waals surface area (Å²) in [6, 6.07) is 18.1. The van der Waals surface area contributed by atoms with Crippen LogP contribution in [0.2, 0.25) is 0 Å². The zero-order valence-electron chi connectivity index (χ0n) is 15.2. The van der Waals surface area contributed by atoms with Crippen molar-refractivity contribution in [2.75, 3.05) is 4.90 Å². The lowest BCUT2D eigenvalue weighted by atomic mass is 9.91. The van der Waals surface area contributed by atoms with Crippen LogP contribution in [-0.4, -0.2) is 22.6 Å². The number of phenols is 1. The Morgan fingerprint density at radius 2 is 1.48 bits per heavy atom. The van der Waals surface area contributed by atoms with Gasteiger partial charge in [0.05, 0.1) is 0 Å². The van der Waals surface area contributed by atoms with E-state index >= 15 is 0 Å². The Hall–Kier alpha value is -3.80. The Morgan fingerprint density at radius 1 is 0.862 bits per heavy atom. The highest BCUT2D eigenvalue weighted by atomic mass is 19.1. The van der Waals surface area contributed by atoms with Crippen molar-refractivity contribution in [1.29, 1.82) is 0 Å². The van der Waals surface area contributed by atoms with E-state index in [0.717, 1.165) is 0 Å². The molecular weight excluding hydrogens is 373 g/mol. The highest BCUT2D eigenvalue weighted by Gasteiger charge is 2.52. The van der Waals surface area contributed by atoms with Gasteiger partial charge >= 0.3 is 0 Å². The van der Waals surface area contributed by atoms with Crippen LogP contribution in [0, 0.1) is 11.7 Å². The predicted octanol–water partition coefficient (Wildman–Crippen LogP) is 3.69. The van der Waals surface area contributed by atoms with Gasteiger partial charge in [-0.05, 0) is 42.0 Å². The van der Waals surface area contributed by atoms with Gasteiger partial charge in [-0.2, -0.15) is 0 Å². The molecule has 1 aliphatic rings. The molecule has 29 heavy (non-hydrogen) atoms. The molecule has 1 saturated heterocycles. The van der Waals surface area contributed by atoms with Gasteiger partial charge in [-0.15, -0.1) is 0 Å². The number of Topliss-reactive ketones (excluding diaryl/α,β-unsaturated/α-hetero) is 2. The van der Waals surface area contributed by atoms with Gasteiger partial charge in [0.25, 0.3) is 0 Å².